The van der Waals surface area contributed by atoms with Gasteiger partial charge in [-0.15, -0.1) is 11.8 Å². The van der Waals surface area contributed by atoms with Crippen LogP contribution in [0.1, 0.15) is 80.1 Å². The predicted octanol–water partition coefficient (Wildman–Crippen LogP) is 4.72. The van der Waals surface area contributed by atoms with E-state index in [1.54, 1.807) is 4.90 Å². The molecule has 1 rings (SSSR count). The van der Waals surface area contributed by atoms with Gasteiger partial charge in [0.25, 0.3) is 0 Å². The molecule has 0 radical (unpaired) electrons. The molecule has 0 aromatic rings. The number of amides is 1. The molecule has 0 bridgehead atoms. The molecule has 1 aliphatic heterocycles. The van der Waals surface area contributed by atoms with Crippen LogP contribution in [0.2, 0.25) is 0 Å². The van der Waals surface area contributed by atoms with E-state index in [4.69, 9.17) is 9.47 Å². The zero-order valence-electron chi connectivity index (χ0n) is 15.7. The Kier molecular flexibility index (Phi) is 7.41. The fourth-order valence-corrected chi connectivity index (χ4v) is 2.63. The minimum Gasteiger partial charge on any atom is -0.444 e. The number of rotatable bonds is 5. The lowest BCUT2D eigenvalue weighted by Gasteiger charge is -2.34. The third-order valence-corrected chi connectivity index (χ3v) is 3.78. The Hall–Kier alpha value is -1.21. The molecule has 4 nitrogen and oxygen atoms in total. The van der Waals surface area contributed by atoms with Crippen LogP contribution in [-0.4, -0.2) is 35.0 Å². The fraction of sp³-hybridized carbons (Fsp3) is 0.842. The number of hydrogen-bond acceptors (Lipinski definition) is 3. The minimum atomic E-state index is -0.643. The molecule has 0 aromatic carbocycles. The molecule has 23 heavy (non-hydrogen) atoms. The highest BCUT2D eigenvalue weighted by atomic mass is 16.6. The lowest BCUT2D eigenvalue weighted by molar-refractivity contribution is -0.0622. The summed E-state index contributed by atoms with van der Waals surface area (Å²) < 4.78 is 11.3. The zero-order chi connectivity index (χ0) is 17.5. The molecule has 0 unspecified atom stereocenters. The van der Waals surface area contributed by atoms with Crippen molar-refractivity contribution in [2.75, 3.05) is 6.61 Å². The Labute approximate surface area is 141 Å². The average molecular weight is 323 g/mol. The van der Waals surface area contributed by atoms with Crippen molar-refractivity contribution in [2.45, 2.75) is 97.4 Å². The monoisotopic (exact) mass is 323 g/mol. The summed E-state index contributed by atoms with van der Waals surface area (Å²) in [5.41, 5.74) is -1.15. The largest absolute Gasteiger partial charge is 0.444 e. The van der Waals surface area contributed by atoms with Crippen molar-refractivity contribution in [1.29, 1.82) is 0 Å². The molecule has 1 amide bonds. The van der Waals surface area contributed by atoms with Gasteiger partial charge in [-0.3, -0.25) is 4.90 Å². The first-order chi connectivity index (χ1) is 10.7. The van der Waals surface area contributed by atoms with E-state index in [9.17, 15) is 4.79 Å². The molecule has 0 aromatic heterocycles. The van der Waals surface area contributed by atoms with E-state index in [1.807, 2.05) is 34.6 Å². The molecule has 4 heteroatoms. The first kappa shape index (κ1) is 19.8. The van der Waals surface area contributed by atoms with Crippen LogP contribution < -0.4 is 0 Å². The normalized spacial score (nSPS) is 20.1. The summed E-state index contributed by atoms with van der Waals surface area (Å²) in [6.45, 7) is 12.1. The molecule has 0 N–H and O–H groups in total. The molecular formula is C19H33NO3. The van der Waals surface area contributed by atoms with Crippen LogP contribution in [0.5, 0.6) is 0 Å². The first-order valence-electron chi connectivity index (χ1n) is 8.79. The predicted molar refractivity (Wildman–Crippen MR) is 93.0 cm³/mol. The van der Waals surface area contributed by atoms with Crippen molar-refractivity contribution < 1.29 is 14.3 Å². The molecule has 0 spiro atoms. The zero-order valence-corrected chi connectivity index (χ0v) is 15.7. The molecule has 1 saturated heterocycles. The maximum absolute atomic E-state index is 12.5. The molecule has 1 heterocycles. The summed E-state index contributed by atoms with van der Waals surface area (Å²) in [6.07, 6.45) is 6.17. The number of hydrogen-bond donors (Lipinski definition) is 0. The lowest BCUT2D eigenvalue weighted by Crippen LogP contribution is -2.49. The van der Waals surface area contributed by atoms with Gasteiger partial charge in [-0.05, 0) is 41.0 Å². The summed E-state index contributed by atoms with van der Waals surface area (Å²) in [5.74, 6) is 6.43. The van der Waals surface area contributed by atoms with Gasteiger partial charge in [0, 0.05) is 12.8 Å². The van der Waals surface area contributed by atoms with Crippen LogP contribution in [0.3, 0.4) is 0 Å². The third kappa shape index (κ3) is 6.83. The van der Waals surface area contributed by atoms with Crippen molar-refractivity contribution >= 4 is 6.09 Å². The van der Waals surface area contributed by atoms with Crippen LogP contribution in [0.15, 0.2) is 0 Å². The average Bonchev–Trinajstić information content (AvgIpc) is 2.71. The second-order valence-electron chi connectivity index (χ2n) is 7.63. The fourth-order valence-electron chi connectivity index (χ4n) is 2.63. The van der Waals surface area contributed by atoms with Gasteiger partial charge in [0.1, 0.15) is 11.3 Å². The number of nitrogens with zero attached hydrogens (tertiary/aromatic N) is 1. The van der Waals surface area contributed by atoms with E-state index in [0.29, 0.717) is 13.0 Å². The summed E-state index contributed by atoms with van der Waals surface area (Å²) in [7, 11) is 0. The lowest BCUT2D eigenvalue weighted by atomic mass is 10.1. The highest BCUT2D eigenvalue weighted by molar-refractivity contribution is 5.69. The molecule has 0 aliphatic carbocycles. The van der Waals surface area contributed by atoms with Gasteiger partial charge in [-0.1, -0.05) is 26.2 Å². The summed E-state index contributed by atoms with van der Waals surface area (Å²) in [6, 6.07) is -0.0389. The molecule has 0 saturated carbocycles. The standard InChI is InChI=1S/C19H33NO3/c1-7-8-9-10-11-12-13-14-16-15-22-19(5,6)20(16)17(21)23-18(2,3)4/h16H,7-11,14-15H2,1-6H3/t16-/m1/s1. The van der Waals surface area contributed by atoms with E-state index in [2.05, 4.69) is 18.8 Å². The van der Waals surface area contributed by atoms with E-state index in [-0.39, 0.29) is 12.1 Å². The Morgan fingerprint density at radius 2 is 1.96 bits per heavy atom. The van der Waals surface area contributed by atoms with Crippen molar-refractivity contribution in [2.24, 2.45) is 0 Å². The SMILES string of the molecule is CCCCCCC#CC[C@@H]1COC(C)(C)N1C(=O)OC(C)(C)C. The van der Waals surface area contributed by atoms with Gasteiger partial charge in [0.2, 0.25) is 0 Å². The smallest absolute Gasteiger partial charge is 0.412 e. The summed E-state index contributed by atoms with van der Waals surface area (Å²) in [4.78, 5) is 14.2. The van der Waals surface area contributed by atoms with Gasteiger partial charge < -0.3 is 9.47 Å². The van der Waals surface area contributed by atoms with Crippen molar-refractivity contribution in [3.8, 4) is 11.8 Å². The molecule has 1 atom stereocenters. The minimum absolute atomic E-state index is 0.0389. The van der Waals surface area contributed by atoms with Gasteiger partial charge >= 0.3 is 6.09 Å². The molecular weight excluding hydrogens is 290 g/mol. The highest BCUT2D eigenvalue weighted by Crippen LogP contribution is 2.30. The Balaban J connectivity index is 2.56. The van der Waals surface area contributed by atoms with Gasteiger partial charge in [-0.25, -0.2) is 4.79 Å². The van der Waals surface area contributed by atoms with Crippen LogP contribution >= 0.6 is 0 Å². The summed E-state index contributed by atoms with van der Waals surface area (Å²) >= 11 is 0. The summed E-state index contributed by atoms with van der Waals surface area (Å²) in [5, 5.41) is 0. The van der Waals surface area contributed by atoms with Crippen LogP contribution in [-0.2, 0) is 9.47 Å². The number of ether oxygens (including phenoxy) is 2. The molecule has 132 valence electrons. The number of carbonyl (C=O) groups excluding carboxylic acids is 1. The maximum Gasteiger partial charge on any atom is 0.412 e. The number of unbranched alkanes of at least 4 members (excludes halogenated alkanes) is 4. The quantitative estimate of drug-likeness (QED) is 0.542. The van der Waals surface area contributed by atoms with E-state index in [0.717, 1.165) is 12.8 Å². The van der Waals surface area contributed by atoms with Crippen LogP contribution in [0.4, 0.5) is 4.79 Å². The van der Waals surface area contributed by atoms with Crippen molar-refractivity contribution in [3.05, 3.63) is 0 Å². The Bertz CT molecular complexity index is 440. The molecule has 1 fully saturated rings. The Morgan fingerprint density at radius 1 is 1.26 bits per heavy atom. The highest BCUT2D eigenvalue weighted by Gasteiger charge is 2.45. The van der Waals surface area contributed by atoms with E-state index in [1.165, 1.54) is 19.3 Å². The van der Waals surface area contributed by atoms with Gasteiger partial charge in [0.05, 0.1) is 12.6 Å². The second kappa shape index (κ2) is 8.59. The topological polar surface area (TPSA) is 38.8 Å². The Morgan fingerprint density at radius 3 is 2.57 bits per heavy atom. The van der Waals surface area contributed by atoms with Crippen molar-refractivity contribution in [3.63, 3.8) is 0 Å². The van der Waals surface area contributed by atoms with Gasteiger partial charge in [-0.2, -0.15) is 0 Å². The van der Waals surface area contributed by atoms with Crippen molar-refractivity contribution in [1.82, 2.24) is 4.90 Å². The number of carbonyl (C=O) groups is 1. The van der Waals surface area contributed by atoms with Crippen LogP contribution in [0.25, 0.3) is 0 Å². The van der Waals surface area contributed by atoms with Gasteiger partial charge in [0.15, 0.2) is 0 Å². The van der Waals surface area contributed by atoms with Crippen LogP contribution in [0, 0.1) is 11.8 Å². The van der Waals surface area contributed by atoms with E-state index < -0.39 is 11.3 Å². The second-order valence-corrected chi connectivity index (χ2v) is 7.63. The third-order valence-electron chi connectivity index (χ3n) is 3.78. The first-order valence-corrected chi connectivity index (χ1v) is 8.79. The van der Waals surface area contributed by atoms with E-state index >= 15 is 0 Å². The maximum atomic E-state index is 12.5. The molecule has 1 aliphatic rings.